The highest BCUT2D eigenvalue weighted by molar-refractivity contribution is 5.94. The zero-order chi connectivity index (χ0) is 15.5. The van der Waals surface area contributed by atoms with Crippen molar-refractivity contribution in [1.29, 1.82) is 0 Å². The van der Waals surface area contributed by atoms with Crippen molar-refractivity contribution in [3.63, 3.8) is 0 Å². The molecule has 1 amide bonds. The van der Waals surface area contributed by atoms with E-state index in [1.165, 1.54) is 0 Å². The van der Waals surface area contributed by atoms with Crippen molar-refractivity contribution in [3.8, 4) is 5.82 Å². The molecule has 0 bridgehead atoms. The second-order valence-corrected chi connectivity index (χ2v) is 5.90. The van der Waals surface area contributed by atoms with E-state index in [9.17, 15) is 4.79 Å². The van der Waals surface area contributed by atoms with Gasteiger partial charge in [0.15, 0.2) is 0 Å². The molecule has 8 heteroatoms. The van der Waals surface area contributed by atoms with Gasteiger partial charge in [0.2, 0.25) is 0 Å². The van der Waals surface area contributed by atoms with E-state index >= 15 is 0 Å². The Labute approximate surface area is 148 Å². The first kappa shape index (κ1) is 21.4. The average Bonchev–Trinajstić information content (AvgIpc) is 3.00. The first-order chi connectivity index (χ1) is 9.93. The summed E-state index contributed by atoms with van der Waals surface area (Å²) < 4.78 is 1.76. The summed E-state index contributed by atoms with van der Waals surface area (Å²) in [5.74, 6) is 0.630. The van der Waals surface area contributed by atoms with E-state index in [-0.39, 0.29) is 36.1 Å². The molecule has 128 valence electrons. The van der Waals surface area contributed by atoms with Gasteiger partial charge in [-0.25, -0.2) is 9.97 Å². The van der Waals surface area contributed by atoms with E-state index in [0.29, 0.717) is 24.5 Å². The maximum absolute atomic E-state index is 12.5. The van der Waals surface area contributed by atoms with E-state index in [1.807, 2.05) is 13.8 Å². The highest BCUT2D eigenvalue weighted by atomic mass is 35.5. The van der Waals surface area contributed by atoms with Crippen LogP contribution in [-0.2, 0) is 0 Å². The van der Waals surface area contributed by atoms with E-state index in [0.717, 1.165) is 0 Å². The molecule has 0 aromatic carbocycles. The number of nitrogens with zero attached hydrogens (tertiary/aromatic N) is 4. The molecule has 23 heavy (non-hydrogen) atoms. The van der Waals surface area contributed by atoms with Crippen LogP contribution in [0.2, 0.25) is 0 Å². The first-order valence-electron chi connectivity index (χ1n) is 6.83. The molecule has 2 rings (SSSR count). The number of amides is 1. The summed E-state index contributed by atoms with van der Waals surface area (Å²) in [6, 6.07) is 3.48. The standard InChI is InChI=1S/C15H21N5O.2ClH/c1-15(2,9-16)10-19(3)14(21)12-4-5-18-13(8-12)20-7-6-17-11-20;;/h4-8,11H,9-10,16H2,1-3H3;2*1H. The normalized spacial score (nSPS) is 10.4. The van der Waals surface area contributed by atoms with Crippen LogP contribution in [0.1, 0.15) is 24.2 Å². The minimum absolute atomic E-state index is 0. The Kier molecular flexibility index (Phi) is 8.23. The molecule has 0 aliphatic rings. The van der Waals surface area contributed by atoms with Crippen molar-refractivity contribution in [2.75, 3.05) is 20.1 Å². The van der Waals surface area contributed by atoms with Crippen molar-refractivity contribution in [3.05, 3.63) is 42.6 Å². The zero-order valence-electron chi connectivity index (χ0n) is 13.5. The lowest BCUT2D eigenvalue weighted by atomic mass is 9.93. The molecule has 2 aromatic heterocycles. The van der Waals surface area contributed by atoms with Crippen LogP contribution in [0.4, 0.5) is 0 Å². The van der Waals surface area contributed by atoms with Gasteiger partial charge in [0.05, 0.1) is 0 Å². The molecule has 0 unspecified atom stereocenters. The number of carbonyl (C=O) groups excluding carboxylic acids is 1. The molecule has 0 saturated carbocycles. The van der Waals surface area contributed by atoms with Gasteiger partial charge in [0, 0.05) is 37.7 Å². The minimum atomic E-state index is -0.107. The number of rotatable bonds is 5. The van der Waals surface area contributed by atoms with Crippen LogP contribution in [0.15, 0.2) is 37.1 Å². The van der Waals surface area contributed by atoms with Gasteiger partial charge < -0.3 is 10.6 Å². The van der Waals surface area contributed by atoms with Gasteiger partial charge >= 0.3 is 0 Å². The number of hydrogen-bond donors (Lipinski definition) is 1. The Hall–Kier alpha value is -1.63. The van der Waals surface area contributed by atoms with Gasteiger partial charge in [-0.15, -0.1) is 24.8 Å². The summed E-state index contributed by atoms with van der Waals surface area (Å²) in [4.78, 5) is 22.4. The minimum Gasteiger partial charge on any atom is -0.341 e. The topological polar surface area (TPSA) is 77.0 Å². The van der Waals surface area contributed by atoms with Gasteiger partial charge in [-0.05, 0) is 24.1 Å². The number of hydrogen-bond acceptors (Lipinski definition) is 4. The highest BCUT2D eigenvalue weighted by Crippen LogP contribution is 2.16. The molecule has 0 spiro atoms. The van der Waals surface area contributed by atoms with Gasteiger partial charge in [-0.3, -0.25) is 9.36 Å². The Morgan fingerprint density at radius 3 is 2.61 bits per heavy atom. The molecule has 0 aliphatic carbocycles. The second kappa shape index (κ2) is 8.86. The van der Waals surface area contributed by atoms with Gasteiger partial charge in [0.25, 0.3) is 5.91 Å². The van der Waals surface area contributed by atoms with Crippen LogP contribution in [0.5, 0.6) is 0 Å². The molecule has 0 radical (unpaired) electrons. The van der Waals surface area contributed by atoms with E-state index in [1.54, 1.807) is 53.6 Å². The van der Waals surface area contributed by atoms with Crippen molar-refractivity contribution in [2.45, 2.75) is 13.8 Å². The number of halogens is 2. The maximum Gasteiger partial charge on any atom is 0.253 e. The van der Waals surface area contributed by atoms with Crippen LogP contribution in [0, 0.1) is 5.41 Å². The lowest BCUT2D eigenvalue weighted by Gasteiger charge is -2.29. The third-order valence-electron chi connectivity index (χ3n) is 3.33. The van der Waals surface area contributed by atoms with Crippen LogP contribution < -0.4 is 5.73 Å². The quantitative estimate of drug-likeness (QED) is 0.887. The summed E-state index contributed by atoms with van der Waals surface area (Å²) >= 11 is 0. The number of nitrogens with two attached hydrogens (primary N) is 1. The smallest absolute Gasteiger partial charge is 0.253 e. The Bertz CT molecular complexity index is 616. The molecule has 2 N–H and O–H groups in total. The van der Waals surface area contributed by atoms with Crippen LogP contribution in [0.25, 0.3) is 5.82 Å². The van der Waals surface area contributed by atoms with Gasteiger partial charge in [-0.2, -0.15) is 0 Å². The molecule has 0 aliphatic heterocycles. The van der Waals surface area contributed by atoms with Crippen LogP contribution in [-0.4, -0.2) is 45.5 Å². The summed E-state index contributed by atoms with van der Waals surface area (Å²) in [5.41, 5.74) is 6.22. The predicted octanol–water partition coefficient (Wildman–Crippen LogP) is 2.17. The summed E-state index contributed by atoms with van der Waals surface area (Å²) in [6.07, 6.45) is 6.74. The van der Waals surface area contributed by atoms with Crippen LogP contribution >= 0.6 is 24.8 Å². The fourth-order valence-corrected chi connectivity index (χ4v) is 2.09. The number of aromatic nitrogens is 3. The fourth-order valence-electron chi connectivity index (χ4n) is 2.09. The molecular formula is C15H23Cl2N5O. The van der Waals surface area contributed by atoms with Gasteiger partial charge in [0.1, 0.15) is 12.1 Å². The summed E-state index contributed by atoms with van der Waals surface area (Å²) in [6.45, 7) is 5.22. The van der Waals surface area contributed by atoms with E-state index in [2.05, 4.69) is 9.97 Å². The number of pyridine rings is 1. The molecular weight excluding hydrogens is 337 g/mol. The lowest BCUT2D eigenvalue weighted by molar-refractivity contribution is 0.0740. The summed E-state index contributed by atoms with van der Waals surface area (Å²) in [7, 11) is 1.79. The third kappa shape index (κ3) is 5.49. The molecule has 0 fully saturated rings. The van der Waals surface area contributed by atoms with Crippen molar-refractivity contribution >= 4 is 30.7 Å². The predicted molar refractivity (Wildman–Crippen MR) is 95.7 cm³/mol. The maximum atomic E-state index is 12.5. The fraction of sp³-hybridized carbons (Fsp3) is 0.400. The van der Waals surface area contributed by atoms with Crippen molar-refractivity contribution in [1.82, 2.24) is 19.4 Å². The second-order valence-electron chi connectivity index (χ2n) is 5.90. The van der Waals surface area contributed by atoms with Crippen molar-refractivity contribution < 1.29 is 4.79 Å². The Balaban J connectivity index is 0.00000242. The molecule has 0 atom stereocenters. The third-order valence-corrected chi connectivity index (χ3v) is 3.33. The van der Waals surface area contributed by atoms with E-state index < -0.39 is 0 Å². The summed E-state index contributed by atoms with van der Waals surface area (Å²) in [5, 5.41) is 0. The largest absolute Gasteiger partial charge is 0.341 e. The van der Waals surface area contributed by atoms with Crippen molar-refractivity contribution in [2.24, 2.45) is 11.1 Å². The zero-order valence-corrected chi connectivity index (χ0v) is 15.1. The SMILES string of the molecule is CN(CC(C)(C)CN)C(=O)c1ccnc(-n2ccnc2)c1.Cl.Cl. The van der Waals surface area contributed by atoms with Gasteiger partial charge in [-0.1, -0.05) is 13.8 Å². The van der Waals surface area contributed by atoms with Crippen LogP contribution in [0.3, 0.4) is 0 Å². The number of carbonyl (C=O) groups is 1. The average molecular weight is 360 g/mol. The lowest BCUT2D eigenvalue weighted by Crippen LogP contribution is -2.39. The molecule has 2 heterocycles. The molecule has 2 aromatic rings. The molecule has 6 nitrogen and oxygen atoms in total. The molecule has 0 saturated heterocycles. The Morgan fingerprint density at radius 1 is 1.35 bits per heavy atom. The highest BCUT2D eigenvalue weighted by Gasteiger charge is 2.22. The monoisotopic (exact) mass is 359 g/mol. The number of imidazole rings is 1. The van der Waals surface area contributed by atoms with E-state index in [4.69, 9.17) is 5.73 Å². The Morgan fingerprint density at radius 2 is 2.04 bits per heavy atom. The first-order valence-corrected chi connectivity index (χ1v) is 6.83.